The van der Waals surface area contributed by atoms with Gasteiger partial charge in [0.25, 0.3) is 5.91 Å². The minimum Gasteiger partial charge on any atom is -0.493 e. The normalized spacial score (nSPS) is 17.4. The number of thiazole rings is 1. The number of hydrogen-bond acceptors (Lipinski definition) is 6. The molecule has 7 heteroatoms. The highest BCUT2D eigenvalue weighted by Crippen LogP contribution is 2.28. The number of furan rings is 1. The molecule has 0 saturated carbocycles. The van der Waals surface area contributed by atoms with E-state index in [1.807, 2.05) is 23.6 Å². The Morgan fingerprint density at radius 2 is 2.42 bits per heavy atom. The lowest BCUT2D eigenvalue weighted by atomic mass is 10.2. The maximum Gasteiger partial charge on any atom is 0.287 e. The van der Waals surface area contributed by atoms with Crippen LogP contribution in [0.15, 0.2) is 40.3 Å². The molecule has 1 amide bonds. The van der Waals surface area contributed by atoms with Gasteiger partial charge in [0.1, 0.15) is 0 Å². The number of anilines is 1. The van der Waals surface area contributed by atoms with Crippen molar-refractivity contribution in [1.82, 2.24) is 10.3 Å². The van der Waals surface area contributed by atoms with E-state index in [0.29, 0.717) is 17.1 Å². The smallest absolute Gasteiger partial charge is 0.287 e. The van der Waals surface area contributed by atoms with Crippen molar-refractivity contribution in [3.63, 3.8) is 0 Å². The van der Waals surface area contributed by atoms with Gasteiger partial charge in [0.15, 0.2) is 22.2 Å². The predicted octanol–water partition coefficient (Wildman–Crippen LogP) is 2.91. The first-order valence-electron chi connectivity index (χ1n) is 7.76. The lowest BCUT2D eigenvalue weighted by Crippen LogP contribution is -2.36. The van der Waals surface area contributed by atoms with Crippen LogP contribution >= 0.6 is 11.3 Å². The summed E-state index contributed by atoms with van der Waals surface area (Å²) in [6, 6.07) is 7.44. The zero-order valence-electron chi connectivity index (χ0n) is 13.2. The Balaban J connectivity index is 1.47. The molecule has 2 aromatic heterocycles. The van der Waals surface area contributed by atoms with Crippen LogP contribution in [0.4, 0.5) is 5.13 Å². The Morgan fingerprint density at radius 3 is 3.21 bits per heavy atom. The Bertz CT molecular complexity index is 859. The fourth-order valence-electron chi connectivity index (χ4n) is 2.99. The van der Waals surface area contributed by atoms with Gasteiger partial charge in [0.2, 0.25) is 0 Å². The first-order valence-corrected chi connectivity index (χ1v) is 8.64. The molecule has 1 aromatic carbocycles. The first kappa shape index (κ1) is 15.0. The molecule has 1 aliphatic rings. The van der Waals surface area contributed by atoms with E-state index in [-0.39, 0.29) is 11.9 Å². The largest absolute Gasteiger partial charge is 0.493 e. The summed E-state index contributed by atoms with van der Waals surface area (Å²) >= 11 is 1.61. The van der Waals surface area contributed by atoms with E-state index in [4.69, 9.17) is 9.15 Å². The Hall–Kier alpha value is -2.54. The van der Waals surface area contributed by atoms with Crippen LogP contribution in [0.5, 0.6) is 5.75 Å². The van der Waals surface area contributed by atoms with Crippen molar-refractivity contribution >= 4 is 33.3 Å². The number of nitrogens with one attached hydrogen (secondary N) is 1. The molecule has 1 unspecified atom stereocenters. The summed E-state index contributed by atoms with van der Waals surface area (Å²) in [5, 5.41) is 6.87. The second-order valence-electron chi connectivity index (χ2n) is 5.71. The first-order chi connectivity index (χ1) is 11.7. The molecule has 124 valence electrons. The Labute approximate surface area is 143 Å². The molecule has 3 aromatic rings. The number of ether oxygens (including phenoxy) is 1. The zero-order chi connectivity index (χ0) is 16.5. The van der Waals surface area contributed by atoms with Crippen molar-refractivity contribution in [2.24, 2.45) is 0 Å². The highest BCUT2D eigenvalue weighted by atomic mass is 32.1. The van der Waals surface area contributed by atoms with Crippen molar-refractivity contribution in [2.45, 2.75) is 12.5 Å². The summed E-state index contributed by atoms with van der Waals surface area (Å²) in [5.74, 6) is 0.740. The van der Waals surface area contributed by atoms with Gasteiger partial charge in [-0.25, -0.2) is 4.98 Å². The highest BCUT2D eigenvalue weighted by molar-refractivity contribution is 7.13. The third-order valence-electron chi connectivity index (χ3n) is 4.16. The van der Waals surface area contributed by atoms with Crippen LogP contribution in [0.25, 0.3) is 11.0 Å². The van der Waals surface area contributed by atoms with Gasteiger partial charge in [-0.15, -0.1) is 11.3 Å². The maximum atomic E-state index is 12.5. The van der Waals surface area contributed by atoms with E-state index in [0.717, 1.165) is 30.0 Å². The van der Waals surface area contributed by atoms with Gasteiger partial charge in [-0.05, 0) is 18.6 Å². The van der Waals surface area contributed by atoms with Crippen LogP contribution in [0, 0.1) is 0 Å². The maximum absolute atomic E-state index is 12.5. The van der Waals surface area contributed by atoms with Crippen LogP contribution < -0.4 is 15.0 Å². The molecule has 1 fully saturated rings. The molecule has 3 heterocycles. The molecular weight excluding hydrogens is 326 g/mol. The topological polar surface area (TPSA) is 67.6 Å². The van der Waals surface area contributed by atoms with Crippen molar-refractivity contribution in [1.29, 1.82) is 0 Å². The van der Waals surface area contributed by atoms with Gasteiger partial charge in [0, 0.05) is 36.1 Å². The van der Waals surface area contributed by atoms with E-state index in [1.165, 1.54) is 0 Å². The van der Waals surface area contributed by atoms with Crippen LogP contribution in [-0.4, -0.2) is 37.1 Å². The lowest BCUT2D eigenvalue weighted by Gasteiger charge is -2.15. The summed E-state index contributed by atoms with van der Waals surface area (Å²) in [7, 11) is 1.59. The predicted molar refractivity (Wildman–Crippen MR) is 93.0 cm³/mol. The van der Waals surface area contributed by atoms with Gasteiger partial charge >= 0.3 is 0 Å². The van der Waals surface area contributed by atoms with Gasteiger partial charge in [-0.3, -0.25) is 4.79 Å². The monoisotopic (exact) mass is 343 g/mol. The Kier molecular flexibility index (Phi) is 3.86. The fraction of sp³-hybridized carbons (Fsp3) is 0.294. The summed E-state index contributed by atoms with van der Waals surface area (Å²) in [4.78, 5) is 19.0. The van der Waals surface area contributed by atoms with Crippen LogP contribution in [0.2, 0.25) is 0 Å². The summed E-state index contributed by atoms with van der Waals surface area (Å²) in [5.41, 5.74) is 0.598. The second kappa shape index (κ2) is 6.16. The number of benzene rings is 1. The summed E-state index contributed by atoms with van der Waals surface area (Å²) < 4.78 is 11.0. The number of amides is 1. The zero-order valence-corrected chi connectivity index (χ0v) is 14.0. The molecule has 0 bridgehead atoms. The molecule has 4 rings (SSSR count). The van der Waals surface area contributed by atoms with E-state index in [9.17, 15) is 4.79 Å². The SMILES string of the molecule is COc1cccc2cc(C(=O)NC3CCN(c4nccs4)C3)oc12. The van der Waals surface area contributed by atoms with Crippen molar-refractivity contribution < 1.29 is 13.9 Å². The molecule has 0 aliphatic carbocycles. The number of carbonyl (C=O) groups is 1. The quantitative estimate of drug-likeness (QED) is 0.789. The lowest BCUT2D eigenvalue weighted by molar-refractivity contribution is 0.0914. The molecule has 1 aliphatic heterocycles. The number of para-hydroxylation sites is 1. The van der Waals surface area contributed by atoms with Crippen molar-refractivity contribution in [3.05, 3.63) is 41.6 Å². The number of carbonyl (C=O) groups excluding carboxylic acids is 1. The van der Waals surface area contributed by atoms with E-state index in [1.54, 1.807) is 30.7 Å². The molecule has 0 radical (unpaired) electrons. The molecule has 24 heavy (non-hydrogen) atoms. The van der Waals surface area contributed by atoms with E-state index >= 15 is 0 Å². The van der Waals surface area contributed by atoms with Crippen molar-refractivity contribution in [2.75, 3.05) is 25.1 Å². The minimum atomic E-state index is -0.195. The van der Waals surface area contributed by atoms with Crippen LogP contribution in [0.3, 0.4) is 0 Å². The van der Waals surface area contributed by atoms with E-state index < -0.39 is 0 Å². The average molecular weight is 343 g/mol. The van der Waals surface area contributed by atoms with Gasteiger partial charge in [-0.2, -0.15) is 0 Å². The average Bonchev–Trinajstić information content (AvgIpc) is 3.33. The van der Waals surface area contributed by atoms with Crippen molar-refractivity contribution in [3.8, 4) is 5.75 Å². The molecular formula is C17H17N3O3S. The molecule has 1 atom stereocenters. The number of nitrogens with zero attached hydrogens (tertiary/aromatic N) is 2. The number of rotatable bonds is 4. The molecule has 1 saturated heterocycles. The van der Waals surface area contributed by atoms with Crippen LogP contribution in [0.1, 0.15) is 17.0 Å². The Morgan fingerprint density at radius 1 is 1.50 bits per heavy atom. The number of hydrogen-bond donors (Lipinski definition) is 1. The number of aromatic nitrogens is 1. The highest BCUT2D eigenvalue weighted by Gasteiger charge is 2.26. The third kappa shape index (κ3) is 2.71. The summed E-state index contributed by atoms with van der Waals surface area (Å²) in [6.07, 6.45) is 2.70. The van der Waals surface area contributed by atoms with Crippen LogP contribution in [-0.2, 0) is 0 Å². The minimum absolute atomic E-state index is 0.0940. The van der Waals surface area contributed by atoms with Gasteiger partial charge in [0.05, 0.1) is 7.11 Å². The molecule has 1 N–H and O–H groups in total. The second-order valence-corrected chi connectivity index (χ2v) is 6.58. The molecule has 6 nitrogen and oxygen atoms in total. The fourth-order valence-corrected chi connectivity index (χ4v) is 3.67. The van der Waals surface area contributed by atoms with Gasteiger partial charge < -0.3 is 19.4 Å². The third-order valence-corrected chi connectivity index (χ3v) is 5.00. The summed E-state index contributed by atoms with van der Waals surface area (Å²) in [6.45, 7) is 1.66. The standard InChI is InChI=1S/C17H17N3O3S/c1-22-13-4-2-3-11-9-14(23-15(11)13)16(21)19-12-5-7-20(10-12)17-18-6-8-24-17/h2-4,6,8-9,12H,5,7,10H2,1H3,(H,19,21). The number of methoxy groups -OCH3 is 1. The number of fused-ring (bicyclic) bond motifs is 1. The van der Waals surface area contributed by atoms with E-state index in [2.05, 4.69) is 15.2 Å². The molecule has 0 spiro atoms. The van der Waals surface area contributed by atoms with Gasteiger partial charge in [-0.1, -0.05) is 12.1 Å².